The van der Waals surface area contributed by atoms with Gasteiger partial charge in [-0.15, -0.1) is 0 Å². The van der Waals surface area contributed by atoms with Gasteiger partial charge in [-0.2, -0.15) is 5.06 Å². The van der Waals surface area contributed by atoms with E-state index in [2.05, 4.69) is 59.4 Å². The highest BCUT2D eigenvalue weighted by atomic mass is 16.7. The molecule has 8 rings (SSSR count). The summed E-state index contributed by atoms with van der Waals surface area (Å²) in [4.78, 5) is 39.3. The standard InChI is InChI=1S/C48H67N5O7/c1-29-40-23-35(48(40,3)4)24-41(29)50-47(58)44-43(30(2)56)42(28-55)60-53(44)25-32-15-11-17-39(45(32)59-7)33-20-34(22-38(21-33)52-18-12-16-37(52)27-54)46(57)49-36(26-51(5)6)19-31-13-9-8-10-14-31/h8-11,13-15,17,20-22,29-30,35-37,40-44,54-56H,12,16,18-19,23-28H2,1-7H3,(H,49,57)(H,50,58)/t29-,30-,35+,36-,37+,40?,41-,42-,43+,44-/m0/s1. The fraction of sp³-hybridized carbons (Fsp3) is 0.583. The maximum absolute atomic E-state index is 14.4. The number of hydrogen-bond donors (Lipinski definition) is 5. The lowest BCUT2D eigenvalue weighted by atomic mass is 9.45. The molecular formula is C48H67N5O7. The average molecular weight is 826 g/mol. The van der Waals surface area contributed by atoms with Crippen LogP contribution < -0.4 is 20.3 Å². The van der Waals surface area contributed by atoms with Gasteiger partial charge in [0.2, 0.25) is 5.91 Å². The highest BCUT2D eigenvalue weighted by molar-refractivity contribution is 5.97. The van der Waals surface area contributed by atoms with Gasteiger partial charge < -0.3 is 40.5 Å². The van der Waals surface area contributed by atoms with Crippen molar-refractivity contribution in [3.63, 3.8) is 0 Å². The van der Waals surface area contributed by atoms with Gasteiger partial charge in [0.25, 0.3) is 5.91 Å². The van der Waals surface area contributed by atoms with Crippen molar-refractivity contribution >= 4 is 17.5 Å². The molecule has 5 fully saturated rings. The molecular weight excluding hydrogens is 759 g/mol. The van der Waals surface area contributed by atoms with Gasteiger partial charge in [-0.25, -0.2) is 0 Å². The van der Waals surface area contributed by atoms with Gasteiger partial charge in [-0.3, -0.25) is 14.4 Å². The van der Waals surface area contributed by atoms with Crippen LogP contribution >= 0.6 is 0 Å². The minimum absolute atomic E-state index is 0.0121. The number of methoxy groups -OCH3 is 1. The van der Waals surface area contributed by atoms with E-state index in [4.69, 9.17) is 9.57 Å². The minimum Gasteiger partial charge on any atom is -0.496 e. The van der Waals surface area contributed by atoms with Crippen LogP contribution in [0.15, 0.2) is 66.7 Å². The van der Waals surface area contributed by atoms with Crippen LogP contribution in [0.2, 0.25) is 0 Å². The molecule has 10 atom stereocenters. The lowest BCUT2D eigenvalue weighted by molar-refractivity contribution is -0.183. The Labute approximate surface area is 356 Å². The molecule has 326 valence electrons. The number of anilines is 1. The number of rotatable bonds is 16. The largest absolute Gasteiger partial charge is 0.496 e. The molecule has 60 heavy (non-hydrogen) atoms. The predicted octanol–water partition coefficient (Wildman–Crippen LogP) is 4.89. The molecule has 3 aromatic rings. The third-order valence-corrected chi connectivity index (χ3v) is 14.3. The first-order valence-electron chi connectivity index (χ1n) is 21.9. The molecule has 3 aliphatic carbocycles. The van der Waals surface area contributed by atoms with E-state index < -0.39 is 24.2 Å². The number of aliphatic hydroxyl groups excluding tert-OH is 3. The van der Waals surface area contributed by atoms with E-state index in [0.29, 0.717) is 42.0 Å². The zero-order valence-corrected chi connectivity index (χ0v) is 36.5. The second-order valence-corrected chi connectivity index (χ2v) is 18.8. The normalized spacial score (nSPS) is 28.3. The molecule has 2 heterocycles. The Hall–Kier alpha value is -4.04. The molecule has 0 spiro atoms. The fourth-order valence-electron chi connectivity index (χ4n) is 11.0. The molecule has 1 unspecified atom stereocenters. The lowest BCUT2D eigenvalue weighted by Gasteiger charge is -2.62. The molecule has 2 aliphatic heterocycles. The van der Waals surface area contributed by atoms with E-state index in [9.17, 15) is 24.9 Å². The van der Waals surface area contributed by atoms with Gasteiger partial charge in [0.1, 0.15) is 17.9 Å². The lowest BCUT2D eigenvalue weighted by Crippen LogP contribution is -2.62. The summed E-state index contributed by atoms with van der Waals surface area (Å²) in [6.45, 7) is 9.78. The molecule has 12 nitrogen and oxygen atoms in total. The summed E-state index contributed by atoms with van der Waals surface area (Å²) in [6.07, 6.45) is 2.88. The van der Waals surface area contributed by atoms with Crippen LogP contribution in [0.5, 0.6) is 5.75 Å². The van der Waals surface area contributed by atoms with E-state index in [1.54, 1.807) is 19.1 Å². The number of hydrogen-bond acceptors (Lipinski definition) is 10. The minimum atomic E-state index is -0.919. The number of ether oxygens (including phenoxy) is 1. The molecule has 5 N–H and O–H groups in total. The number of aliphatic hydroxyl groups is 3. The van der Waals surface area contributed by atoms with Crippen LogP contribution in [0.25, 0.3) is 11.1 Å². The van der Waals surface area contributed by atoms with Crippen LogP contribution in [0, 0.1) is 29.1 Å². The predicted molar refractivity (Wildman–Crippen MR) is 233 cm³/mol. The number of nitrogens with zero attached hydrogens (tertiary/aromatic N) is 3. The third kappa shape index (κ3) is 8.96. The molecule has 2 amide bonds. The summed E-state index contributed by atoms with van der Waals surface area (Å²) in [5.74, 6) is 0.911. The highest BCUT2D eigenvalue weighted by Crippen LogP contribution is 2.61. The van der Waals surface area contributed by atoms with E-state index >= 15 is 0 Å². The summed E-state index contributed by atoms with van der Waals surface area (Å²) in [6, 6.07) is 20.8. The van der Waals surface area contributed by atoms with Gasteiger partial charge in [-0.1, -0.05) is 69.3 Å². The van der Waals surface area contributed by atoms with Crippen molar-refractivity contribution in [1.82, 2.24) is 20.6 Å². The van der Waals surface area contributed by atoms with Crippen LogP contribution in [0.4, 0.5) is 5.69 Å². The van der Waals surface area contributed by atoms with Crippen molar-refractivity contribution in [2.24, 2.45) is 29.1 Å². The Balaban J connectivity index is 1.20. The number of likely N-dealkylation sites (N-methyl/N-ethyl adjacent to an activating group) is 1. The van der Waals surface area contributed by atoms with Crippen molar-refractivity contribution in [3.05, 3.63) is 83.4 Å². The molecule has 0 aromatic heterocycles. The number of carbonyl (C=O) groups is 2. The Kier molecular flexibility index (Phi) is 13.6. The summed E-state index contributed by atoms with van der Waals surface area (Å²) in [5.41, 5.74) is 5.01. The smallest absolute Gasteiger partial charge is 0.251 e. The number of carbonyl (C=O) groups excluding carboxylic acids is 2. The van der Waals surface area contributed by atoms with Crippen molar-refractivity contribution < 1.29 is 34.5 Å². The van der Waals surface area contributed by atoms with Gasteiger partial charge in [0, 0.05) is 53.5 Å². The molecule has 2 bridgehead atoms. The number of fused-ring (bicyclic) bond motifs is 2. The summed E-state index contributed by atoms with van der Waals surface area (Å²) < 4.78 is 6.18. The van der Waals surface area contributed by atoms with Gasteiger partial charge >= 0.3 is 0 Å². The molecule has 3 aromatic carbocycles. The van der Waals surface area contributed by atoms with Crippen molar-refractivity contribution in [2.45, 2.75) is 103 Å². The molecule has 3 saturated carbocycles. The van der Waals surface area contributed by atoms with Crippen LogP contribution in [0.1, 0.15) is 74.9 Å². The highest BCUT2D eigenvalue weighted by Gasteiger charge is 2.57. The average Bonchev–Trinajstić information content (AvgIpc) is 3.86. The van der Waals surface area contributed by atoms with Crippen molar-refractivity contribution in [3.8, 4) is 16.9 Å². The third-order valence-electron chi connectivity index (χ3n) is 14.3. The Morgan fingerprint density at radius 3 is 2.45 bits per heavy atom. The van der Waals surface area contributed by atoms with Gasteiger partial charge in [0.15, 0.2) is 0 Å². The van der Waals surface area contributed by atoms with E-state index in [-0.39, 0.29) is 55.1 Å². The summed E-state index contributed by atoms with van der Waals surface area (Å²) in [5, 5.41) is 40.1. The number of para-hydroxylation sites is 1. The molecule has 2 saturated heterocycles. The van der Waals surface area contributed by atoms with Crippen LogP contribution in [-0.2, 0) is 22.6 Å². The van der Waals surface area contributed by atoms with Crippen molar-refractivity contribution in [1.29, 1.82) is 0 Å². The maximum Gasteiger partial charge on any atom is 0.251 e. The van der Waals surface area contributed by atoms with Gasteiger partial charge in [0.05, 0.1) is 39.0 Å². The monoisotopic (exact) mass is 826 g/mol. The Morgan fingerprint density at radius 1 is 1.03 bits per heavy atom. The zero-order chi connectivity index (χ0) is 42.9. The quantitative estimate of drug-likeness (QED) is 0.135. The molecule has 12 heteroatoms. The zero-order valence-electron chi connectivity index (χ0n) is 36.5. The number of amides is 2. The number of nitrogens with one attached hydrogen (secondary N) is 2. The van der Waals surface area contributed by atoms with Crippen LogP contribution in [0.3, 0.4) is 0 Å². The first kappa shape index (κ1) is 44.0. The SMILES string of the molecule is COc1c(CN2O[C@@H](CO)[C@@H]([C@H](C)O)[C@H]2C(=O)N[C@H]2C[C@H]3CC([C@@H]2C)C3(C)C)cccc1-c1cc(C(=O)N[C@@H](Cc2ccccc2)CN(C)C)cc(N2CCC[C@@H]2CO)c1. The topological polar surface area (TPSA) is 147 Å². The number of benzene rings is 3. The second-order valence-electron chi connectivity index (χ2n) is 18.8. The first-order chi connectivity index (χ1) is 28.7. The number of hydroxylamine groups is 2. The van der Waals surface area contributed by atoms with E-state index in [1.807, 2.05) is 62.6 Å². The molecule has 5 aliphatic rings. The summed E-state index contributed by atoms with van der Waals surface area (Å²) >= 11 is 0. The Bertz CT molecular complexity index is 1960. The van der Waals surface area contributed by atoms with Gasteiger partial charge in [-0.05, 0) is 106 Å². The maximum atomic E-state index is 14.4. The Morgan fingerprint density at radius 2 is 1.80 bits per heavy atom. The first-order valence-corrected chi connectivity index (χ1v) is 21.9. The fourth-order valence-corrected chi connectivity index (χ4v) is 11.0. The summed E-state index contributed by atoms with van der Waals surface area (Å²) in [7, 11) is 5.61. The molecule has 0 radical (unpaired) electrons. The second kappa shape index (κ2) is 18.5. The van der Waals surface area contributed by atoms with Crippen LogP contribution in [-0.4, -0.2) is 121 Å². The van der Waals surface area contributed by atoms with E-state index in [1.165, 1.54) is 6.42 Å². The van der Waals surface area contributed by atoms with Crippen molar-refractivity contribution in [2.75, 3.05) is 52.4 Å². The van der Waals surface area contributed by atoms with E-state index in [0.717, 1.165) is 53.7 Å².